The SMILES string of the molecule is C=C1NC(=C)C2CC(C)=CC=C12. The van der Waals surface area contributed by atoms with Crippen molar-refractivity contribution in [3.63, 3.8) is 0 Å². The topological polar surface area (TPSA) is 12.0 Å². The van der Waals surface area contributed by atoms with E-state index in [-0.39, 0.29) is 0 Å². The maximum absolute atomic E-state index is 3.98. The van der Waals surface area contributed by atoms with Crippen LogP contribution in [0.3, 0.4) is 0 Å². The van der Waals surface area contributed by atoms with Gasteiger partial charge in [0.05, 0.1) is 0 Å². The van der Waals surface area contributed by atoms with Gasteiger partial charge in [-0.05, 0) is 18.9 Å². The van der Waals surface area contributed by atoms with E-state index in [0.29, 0.717) is 5.92 Å². The second kappa shape index (κ2) is 2.37. The summed E-state index contributed by atoms with van der Waals surface area (Å²) in [6, 6.07) is 0. The average molecular weight is 159 g/mol. The molecule has 1 N–H and O–H groups in total. The van der Waals surface area contributed by atoms with E-state index in [4.69, 9.17) is 0 Å². The van der Waals surface area contributed by atoms with Crippen LogP contribution in [0.4, 0.5) is 0 Å². The minimum Gasteiger partial charge on any atom is -0.359 e. The average Bonchev–Trinajstić information content (AvgIpc) is 2.28. The molecule has 1 nitrogen and oxygen atoms in total. The Hall–Kier alpha value is -1.24. The van der Waals surface area contributed by atoms with Gasteiger partial charge in [0, 0.05) is 17.3 Å². The molecule has 0 radical (unpaired) electrons. The normalized spacial score (nSPS) is 27.6. The maximum atomic E-state index is 3.98. The Balaban J connectivity index is 2.41. The van der Waals surface area contributed by atoms with E-state index in [1.54, 1.807) is 0 Å². The molecule has 1 saturated heterocycles. The first-order valence-corrected chi connectivity index (χ1v) is 4.21. The van der Waals surface area contributed by atoms with Crippen molar-refractivity contribution in [1.82, 2.24) is 5.32 Å². The van der Waals surface area contributed by atoms with Crippen LogP contribution in [-0.2, 0) is 0 Å². The van der Waals surface area contributed by atoms with Crippen LogP contribution in [-0.4, -0.2) is 0 Å². The van der Waals surface area contributed by atoms with Gasteiger partial charge in [-0.1, -0.05) is 30.9 Å². The van der Waals surface area contributed by atoms with E-state index >= 15 is 0 Å². The Bertz CT molecular complexity index is 318. The molecule has 0 aromatic rings. The van der Waals surface area contributed by atoms with Crippen LogP contribution in [0.5, 0.6) is 0 Å². The number of nitrogens with one attached hydrogen (secondary N) is 1. The van der Waals surface area contributed by atoms with E-state index in [9.17, 15) is 0 Å². The van der Waals surface area contributed by atoms with E-state index < -0.39 is 0 Å². The summed E-state index contributed by atoms with van der Waals surface area (Å²) in [7, 11) is 0. The summed E-state index contributed by atoms with van der Waals surface area (Å²) in [5.41, 5.74) is 4.85. The number of hydrogen-bond donors (Lipinski definition) is 1. The molecular weight excluding hydrogens is 146 g/mol. The van der Waals surface area contributed by atoms with Crippen molar-refractivity contribution in [2.24, 2.45) is 5.92 Å². The summed E-state index contributed by atoms with van der Waals surface area (Å²) >= 11 is 0. The molecule has 1 heteroatoms. The lowest BCUT2D eigenvalue weighted by atomic mass is 9.88. The molecule has 1 aliphatic heterocycles. The molecular formula is C11H13N. The second-order valence-corrected chi connectivity index (χ2v) is 3.52. The zero-order chi connectivity index (χ0) is 8.72. The van der Waals surface area contributed by atoms with Gasteiger partial charge in [-0.3, -0.25) is 0 Å². The zero-order valence-corrected chi connectivity index (χ0v) is 7.35. The quantitative estimate of drug-likeness (QED) is 0.572. The Morgan fingerprint density at radius 2 is 2.17 bits per heavy atom. The van der Waals surface area contributed by atoms with E-state index in [1.807, 2.05) is 0 Å². The van der Waals surface area contributed by atoms with Crippen molar-refractivity contribution in [1.29, 1.82) is 0 Å². The van der Waals surface area contributed by atoms with Crippen LogP contribution >= 0.6 is 0 Å². The van der Waals surface area contributed by atoms with Crippen LogP contribution in [0, 0.1) is 5.92 Å². The molecule has 1 fully saturated rings. The molecule has 0 bridgehead atoms. The number of fused-ring (bicyclic) bond motifs is 1. The zero-order valence-electron chi connectivity index (χ0n) is 7.35. The molecule has 1 unspecified atom stereocenters. The highest BCUT2D eigenvalue weighted by atomic mass is 14.9. The molecule has 0 aromatic carbocycles. The Morgan fingerprint density at radius 3 is 2.92 bits per heavy atom. The Morgan fingerprint density at radius 1 is 1.42 bits per heavy atom. The van der Waals surface area contributed by atoms with Gasteiger partial charge < -0.3 is 5.32 Å². The first-order chi connectivity index (χ1) is 5.68. The van der Waals surface area contributed by atoms with Crippen molar-refractivity contribution in [2.45, 2.75) is 13.3 Å². The minimum absolute atomic E-state index is 0.475. The lowest BCUT2D eigenvalue weighted by molar-refractivity contribution is 0.724. The smallest absolute Gasteiger partial charge is 0.0348 e. The fourth-order valence-electron chi connectivity index (χ4n) is 1.82. The van der Waals surface area contributed by atoms with E-state index in [0.717, 1.165) is 17.8 Å². The molecule has 0 aromatic heterocycles. The third kappa shape index (κ3) is 0.934. The summed E-state index contributed by atoms with van der Waals surface area (Å²) < 4.78 is 0. The highest BCUT2D eigenvalue weighted by Crippen LogP contribution is 2.37. The molecule has 1 atom stereocenters. The van der Waals surface area contributed by atoms with Crippen LogP contribution in [0.15, 0.2) is 47.9 Å². The number of rotatable bonds is 0. The lowest BCUT2D eigenvalue weighted by Gasteiger charge is -2.15. The minimum atomic E-state index is 0.475. The van der Waals surface area contributed by atoms with E-state index in [1.165, 1.54) is 11.1 Å². The summed E-state index contributed by atoms with van der Waals surface area (Å²) in [5, 5.41) is 3.19. The fourth-order valence-corrected chi connectivity index (χ4v) is 1.82. The third-order valence-corrected chi connectivity index (χ3v) is 2.53. The molecule has 62 valence electrons. The van der Waals surface area contributed by atoms with E-state index in [2.05, 4.69) is 37.6 Å². The maximum Gasteiger partial charge on any atom is 0.0348 e. The van der Waals surface area contributed by atoms with Crippen molar-refractivity contribution in [3.05, 3.63) is 47.9 Å². The monoisotopic (exact) mass is 159 g/mol. The first kappa shape index (κ1) is 7.41. The molecule has 0 saturated carbocycles. The van der Waals surface area contributed by atoms with Crippen molar-refractivity contribution in [2.75, 3.05) is 0 Å². The molecule has 1 aliphatic carbocycles. The van der Waals surface area contributed by atoms with Crippen LogP contribution in [0.2, 0.25) is 0 Å². The van der Waals surface area contributed by atoms with Gasteiger partial charge in [0.25, 0.3) is 0 Å². The van der Waals surface area contributed by atoms with Crippen molar-refractivity contribution in [3.8, 4) is 0 Å². The third-order valence-electron chi connectivity index (χ3n) is 2.53. The molecule has 2 aliphatic rings. The second-order valence-electron chi connectivity index (χ2n) is 3.52. The molecule has 0 spiro atoms. The molecule has 0 amide bonds. The summed E-state index contributed by atoms with van der Waals surface area (Å²) in [6.45, 7) is 10.1. The van der Waals surface area contributed by atoms with Crippen molar-refractivity contribution < 1.29 is 0 Å². The van der Waals surface area contributed by atoms with Crippen LogP contribution < -0.4 is 5.32 Å². The molecule has 12 heavy (non-hydrogen) atoms. The van der Waals surface area contributed by atoms with Gasteiger partial charge >= 0.3 is 0 Å². The molecule has 2 rings (SSSR count). The van der Waals surface area contributed by atoms with Crippen LogP contribution in [0.25, 0.3) is 0 Å². The largest absolute Gasteiger partial charge is 0.359 e. The Kier molecular flexibility index (Phi) is 1.47. The standard InChI is InChI=1S/C11H13N/c1-7-4-5-10-8(2)12-9(3)11(10)6-7/h4-5,11-12H,2-3,6H2,1H3. The predicted molar refractivity (Wildman–Crippen MR) is 51.4 cm³/mol. The summed E-state index contributed by atoms with van der Waals surface area (Å²) in [6.07, 6.45) is 5.41. The van der Waals surface area contributed by atoms with Crippen molar-refractivity contribution >= 4 is 0 Å². The lowest BCUT2D eigenvalue weighted by Crippen LogP contribution is -2.05. The van der Waals surface area contributed by atoms with Gasteiger partial charge in [-0.25, -0.2) is 0 Å². The number of hydrogen-bond acceptors (Lipinski definition) is 1. The first-order valence-electron chi connectivity index (χ1n) is 4.21. The summed E-state index contributed by atoms with van der Waals surface area (Å²) in [4.78, 5) is 0. The number of allylic oxidation sites excluding steroid dienone is 5. The van der Waals surface area contributed by atoms with Crippen LogP contribution in [0.1, 0.15) is 13.3 Å². The van der Waals surface area contributed by atoms with Gasteiger partial charge in [-0.15, -0.1) is 0 Å². The van der Waals surface area contributed by atoms with Gasteiger partial charge in [0.2, 0.25) is 0 Å². The Labute approximate surface area is 73.2 Å². The van der Waals surface area contributed by atoms with Gasteiger partial charge in [-0.2, -0.15) is 0 Å². The predicted octanol–water partition coefficient (Wildman–Crippen LogP) is 2.51. The highest BCUT2D eigenvalue weighted by molar-refractivity contribution is 5.48. The van der Waals surface area contributed by atoms with Gasteiger partial charge in [0.15, 0.2) is 0 Å². The fraction of sp³-hybridized carbons (Fsp3) is 0.273. The summed E-state index contributed by atoms with van der Waals surface area (Å²) in [5.74, 6) is 0.475. The van der Waals surface area contributed by atoms with Gasteiger partial charge in [0.1, 0.15) is 0 Å². The molecule has 1 heterocycles. The highest BCUT2D eigenvalue weighted by Gasteiger charge is 2.28.